The van der Waals surface area contributed by atoms with Crippen LogP contribution >= 0.6 is 11.6 Å². The van der Waals surface area contributed by atoms with Crippen LogP contribution in [-0.2, 0) is 6.42 Å². The SMILES string of the molecule is COc1ccc(Cl)cc1CC1(O)C=CCCC1. The summed E-state index contributed by atoms with van der Waals surface area (Å²) in [6.45, 7) is 0. The fourth-order valence-corrected chi connectivity index (χ4v) is 2.47. The number of hydrogen-bond donors (Lipinski definition) is 1. The van der Waals surface area contributed by atoms with Gasteiger partial charge in [0.15, 0.2) is 0 Å². The lowest BCUT2D eigenvalue weighted by Crippen LogP contribution is -2.30. The first-order valence-corrected chi connectivity index (χ1v) is 6.23. The molecular formula is C14H17ClO2. The Morgan fingerprint density at radius 2 is 2.29 bits per heavy atom. The van der Waals surface area contributed by atoms with Crippen molar-refractivity contribution in [3.05, 3.63) is 40.9 Å². The van der Waals surface area contributed by atoms with E-state index < -0.39 is 5.60 Å². The van der Waals surface area contributed by atoms with Crippen molar-refractivity contribution in [2.75, 3.05) is 7.11 Å². The van der Waals surface area contributed by atoms with E-state index in [1.54, 1.807) is 13.2 Å². The summed E-state index contributed by atoms with van der Waals surface area (Å²) in [6, 6.07) is 5.50. The molecule has 3 heteroatoms. The van der Waals surface area contributed by atoms with Gasteiger partial charge in [0, 0.05) is 11.4 Å². The number of rotatable bonds is 3. The maximum atomic E-state index is 10.5. The van der Waals surface area contributed by atoms with Crippen LogP contribution in [-0.4, -0.2) is 17.8 Å². The molecule has 2 rings (SSSR count). The van der Waals surface area contributed by atoms with E-state index in [1.165, 1.54) is 0 Å². The zero-order valence-electron chi connectivity index (χ0n) is 9.95. The van der Waals surface area contributed by atoms with Crippen LogP contribution in [0.15, 0.2) is 30.4 Å². The molecule has 1 aromatic carbocycles. The third-order valence-corrected chi connectivity index (χ3v) is 3.38. The van der Waals surface area contributed by atoms with Crippen molar-refractivity contribution in [2.45, 2.75) is 31.3 Å². The van der Waals surface area contributed by atoms with Crippen molar-refractivity contribution in [3.8, 4) is 5.75 Å². The normalized spacial score (nSPS) is 23.7. The van der Waals surface area contributed by atoms with Gasteiger partial charge in [-0.3, -0.25) is 0 Å². The van der Waals surface area contributed by atoms with E-state index in [2.05, 4.69) is 0 Å². The van der Waals surface area contributed by atoms with E-state index in [4.69, 9.17) is 16.3 Å². The van der Waals surface area contributed by atoms with E-state index >= 15 is 0 Å². The third kappa shape index (κ3) is 3.02. The molecule has 1 N–H and O–H groups in total. The number of ether oxygens (including phenoxy) is 1. The van der Waals surface area contributed by atoms with Crippen LogP contribution in [0.3, 0.4) is 0 Å². The van der Waals surface area contributed by atoms with Gasteiger partial charge >= 0.3 is 0 Å². The van der Waals surface area contributed by atoms with Gasteiger partial charge in [-0.25, -0.2) is 0 Å². The van der Waals surface area contributed by atoms with Gasteiger partial charge < -0.3 is 9.84 Å². The molecule has 2 nitrogen and oxygen atoms in total. The standard InChI is InChI=1S/C14H17ClO2/c1-17-13-6-5-12(15)9-11(13)10-14(16)7-3-2-4-8-14/h3,5-7,9,16H,2,4,8,10H2,1H3. The first kappa shape index (κ1) is 12.5. The molecule has 0 saturated heterocycles. The van der Waals surface area contributed by atoms with Crippen molar-refractivity contribution >= 4 is 11.6 Å². The van der Waals surface area contributed by atoms with Crippen LogP contribution in [0.5, 0.6) is 5.75 Å². The summed E-state index contributed by atoms with van der Waals surface area (Å²) in [5.74, 6) is 0.779. The first-order chi connectivity index (χ1) is 8.13. The Bertz CT molecular complexity index is 428. The highest BCUT2D eigenvalue weighted by atomic mass is 35.5. The largest absolute Gasteiger partial charge is 0.496 e. The summed E-state index contributed by atoms with van der Waals surface area (Å²) in [5.41, 5.74) is 0.199. The van der Waals surface area contributed by atoms with Gasteiger partial charge in [0.25, 0.3) is 0 Å². The molecule has 0 radical (unpaired) electrons. The minimum absolute atomic E-state index is 0.549. The quantitative estimate of drug-likeness (QED) is 0.836. The van der Waals surface area contributed by atoms with Gasteiger partial charge in [0.05, 0.1) is 12.7 Å². The van der Waals surface area contributed by atoms with E-state index in [1.807, 2.05) is 24.3 Å². The maximum Gasteiger partial charge on any atom is 0.122 e. The highest BCUT2D eigenvalue weighted by Crippen LogP contribution is 2.31. The molecule has 0 amide bonds. The third-order valence-electron chi connectivity index (χ3n) is 3.15. The summed E-state index contributed by atoms with van der Waals surface area (Å²) in [6.07, 6.45) is 7.36. The molecule has 0 aliphatic heterocycles. The number of benzene rings is 1. The van der Waals surface area contributed by atoms with Crippen LogP contribution in [0.25, 0.3) is 0 Å². The summed E-state index contributed by atoms with van der Waals surface area (Å²) in [7, 11) is 1.63. The molecule has 0 bridgehead atoms. The summed E-state index contributed by atoms with van der Waals surface area (Å²) < 4.78 is 5.29. The lowest BCUT2D eigenvalue weighted by Gasteiger charge is -2.28. The second kappa shape index (κ2) is 5.11. The molecular weight excluding hydrogens is 236 g/mol. The Hall–Kier alpha value is -0.990. The number of hydrogen-bond acceptors (Lipinski definition) is 2. The topological polar surface area (TPSA) is 29.5 Å². The van der Waals surface area contributed by atoms with Gasteiger partial charge in [0.1, 0.15) is 5.75 Å². The second-order valence-electron chi connectivity index (χ2n) is 4.53. The lowest BCUT2D eigenvalue weighted by atomic mass is 9.85. The molecule has 0 saturated carbocycles. The predicted molar refractivity (Wildman–Crippen MR) is 69.6 cm³/mol. The number of aliphatic hydroxyl groups is 1. The monoisotopic (exact) mass is 252 g/mol. The Morgan fingerprint density at radius 3 is 2.94 bits per heavy atom. The first-order valence-electron chi connectivity index (χ1n) is 5.85. The van der Waals surface area contributed by atoms with E-state index in [9.17, 15) is 5.11 Å². The molecule has 0 fully saturated rings. The van der Waals surface area contributed by atoms with Gasteiger partial charge in [-0.15, -0.1) is 0 Å². The van der Waals surface area contributed by atoms with Gasteiger partial charge in [-0.1, -0.05) is 23.8 Å². The summed E-state index contributed by atoms with van der Waals surface area (Å²) >= 11 is 5.98. The fourth-order valence-electron chi connectivity index (χ4n) is 2.27. The van der Waals surface area contributed by atoms with Crippen molar-refractivity contribution in [3.63, 3.8) is 0 Å². The minimum Gasteiger partial charge on any atom is -0.496 e. The second-order valence-corrected chi connectivity index (χ2v) is 4.97. The summed E-state index contributed by atoms with van der Waals surface area (Å²) in [5, 5.41) is 11.1. The van der Waals surface area contributed by atoms with Crippen molar-refractivity contribution in [1.29, 1.82) is 0 Å². The number of methoxy groups -OCH3 is 1. The molecule has 1 unspecified atom stereocenters. The zero-order chi connectivity index (χ0) is 12.3. The molecule has 1 aliphatic carbocycles. The van der Waals surface area contributed by atoms with Gasteiger partial charge in [-0.05, 0) is 43.0 Å². The molecule has 1 aromatic rings. The molecule has 0 heterocycles. The minimum atomic E-state index is -0.754. The smallest absolute Gasteiger partial charge is 0.122 e. The van der Waals surface area contributed by atoms with E-state index in [0.29, 0.717) is 11.4 Å². The van der Waals surface area contributed by atoms with Crippen molar-refractivity contribution in [2.24, 2.45) is 0 Å². The van der Waals surface area contributed by atoms with E-state index in [-0.39, 0.29) is 0 Å². The lowest BCUT2D eigenvalue weighted by molar-refractivity contribution is 0.0744. The fraction of sp³-hybridized carbons (Fsp3) is 0.429. The van der Waals surface area contributed by atoms with E-state index in [0.717, 1.165) is 30.6 Å². The molecule has 92 valence electrons. The maximum absolute atomic E-state index is 10.5. The Labute approximate surface area is 107 Å². The molecule has 0 aromatic heterocycles. The van der Waals surface area contributed by atoms with Crippen LogP contribution < -0.4 is 4.74 Å². The molecule has 17 heavy (non-hydrogen) atoms. The number of allylic oxidation sites excluding steroid dienone is 1. The Morgan fingerprint density at radius 1 is 1.47 bits per heavy atom. The van der Waals surface area contributed by atoms with Crippen molar-refractivity contribution < 1.29 is 9.84 Å². The predicted octanol–water partition coefficient (Wildman–Crippen LogP) is 3.36. The van der Waals surface area contributed by atoms with Gasteiger partial charge in [-0.2, -0.15) is 0 Å². The van der Waals surface area contributed by atoms with Gasteiger partial charge in [0.2, 0.25) is 0 Å². The van der Waals surface area contributed by atoms with Crippen molar-refractivity contribution in [1.82, 2.24) is 0 Å². The van der Waals surface area contributed by atoms with Crippen LogP contribution in [0.1, 0.15) is 24.8 Å². The number of halogens is 1. The zero-order valence-corrected chi connectivity index (χ0v) is 10.7. The summed E-state index contributed by atoms with van der Waals surface area (Å²) in [4.78, 5) is 0. The van der Waals surface area contributed by atoms with Crippen LogP contribution in [0.2, 0.25) is 5.02 Å². The molecule has 1 aliphatic rings. The Balaban J connectivity index is 2.25. The highest BCUT2D eigenvalue weighted by molar-refractivity contribution is 6.30. The molecule has 1 atom stereocenters. The average molecular weight is 253 g/mol. The molecule has 0 spiro atoms. The average Bonchev–Trinajstić information content (AvgIpc) is 2.29. The Kier molecular flexibility index (Phi) is 3.75. The highest BCUT2D eigenvalue weighted by Gasteiger charge is 2.26. The van der Waals surface area contributed by atoms with Crippen LogP contribution in [0.4, 0.5) is 0 Å². The van der Waals surface area contributed by atoms with Crippen LogP contribution in [0, 0.1) is 0 Å².